The van der Waals surface area contributed by atoms with Crippen LogP contribution in [0.25, 0.3) is 27.8 Å². The van der Waals surface area contributed by atoms with Gasteiger partial charge in [-0.2, -0.15) is 5.10 Å². The molecule has 47 heavy (non-hydrogen) atoms. The number of nitrogens with two attached hydrogens (primary N) is 1. The molecule has 6 aromatic rings. The number of anilines is 1. The van der Waals surface area contributed by atoms with Crippen molar-refractivity contribution >= 4 is 22.6 Å². The Kier molecular flexibility index (Phi) is 8.49. The number of fused-ring (bicyclic) bond motifs is 1. The van der Waals surface area contributed by atoms with Gasteiger partial charge in [0.1, 0.15) is 11.6 Å². The summed E-state index contributed by atoms with van der Waals surface area (Å²) in [6, 6.07) is 21.1. The van der Waals surface area contributed by atoms with Crippen LogP contribution in [0.5, 0.6) is 5.75 Å². The van der Waals surface area contributed by atoms with Crippen LogP contribution in [-0.2, 0) is 7.05 Å². The van der Waals surface area contributed by atoms with Gasteiger partial charge in [0, 0.05) is 24.4 Å². The van der Waals surface area contributed by atoms with E-state index in [2.05, 4.69) is 32.2 Å². The minimum Gasteiger partial charge on any atom is -0.491 e. The van der Waals surface area contributed by atoms with Gasteiger partial charge in [-0.1, -0.05) is 36.1 Å². The molecule has 3 aromatic heterocycles. The molecule has 3 N–H and O–H groups in total. The Bertz CT molecular complexity index is 2210. The summed E-state index contributed by atoms with van der Waals surface area (Å²) in [6.07, 6.45) is 5.01. The van der Waals surface area contributed by atoms with E-state index >= 15 is 0 Å². The summed E-state index contributed by atoms with van der Waals surface area (Å²) in [7, 11) is 1.81. The maximum atomic E-state index is 14.3. The molecule has 0 aliphatic heterocycles. The van der Waals surface area contributed by atoms with Gasteiger partial charge in [0.2, 0.25) is 0 Å². The summed E-state index contributed by atoms with van der Waals surface area (Å²) < 4.78 is 8.88. The van der Waals surface area contributed by atoms with Gasteiger partial charge in [-0.3, -0.25) is 18.8 Å². The Hall–Kier alpha value is -6.28. The van der Waals surface area contributed by atoms with Crippen LogP contribution in [0.2, 0.25) is 0 Å². The first-order valence-corrected chi connectivity index (χ1v) is 15.0. The van der Waals surface area contributed by atoms with Crippen molar-refractivity contribution in [2.45, 2.75) is 32.9 Å². The van der Waals surface area contributed by atoms with Gasteiger partial charge < -0.3 is 15.8 Å². The molecule has 1 unspecified atom stereocenters. The molecule has 3 heterocycles. The van der Waals surface area contributed by atoms with E-state index in [4.69, 9.17) is 15.5 Å². The fourth-order valence-electron chi connectivity index (χ4n) is 5.10. The van der Waals surface area contributed by atoms with Gasteiger partial charge in [0.05, 0.1) is 52.4 Å². The topological polar surface area (TPSA) is 143 Å². The molecular weight excluding hydrogens is 592 g/mol. The SMILES string of the molecule is CC(C)Oc1ccc(-c2cnc(N)c(C(=O)NC(C)c3nc4cccc(C#Cc5cnn(C)c5)c4c(=O)n3-c3ccccc3)n2)cc1. The van der Waals surface area contributed by atoms with E-state index in [9.17, 15) is 9.59 Å². The number of aromatic nitrogens is 6. The predicted molar refractivity (Wildman–Crippen MR) is 180 cm³/mol. The van der Waals surface area contributed by atoms with Crippen LogP contribution >= 0.6 is 0 Å². The van der Waals surface area contributed by atoms with E-state index in [1.807, 2.05) is 63.4 Å². The van der Waals surface area contributed by atoms with Crippen LogP contribution in [0.1, 0.15) is 54.3 Å². The number of carbonyl (C=O) groups excluding carboxylic acids is 1. The lowest BCUT2D eigenvalue weighted by Crippen LogP contribution is -2.34. The number of hydrogen-bond donors (Lipinski definition) is 2. The van der Waals surface area contributed by atoms with E-state index < -0.39 is 11.9 Å². The summed E-state index contributed by atoms with van der Waals surface area (Å²) >= 11 is 0. The van der Waals surface area contributed by atoms with E-state index in [1.165, 1.54) is 10.8 Å². The molecule has 3 aromatic carbocycles. The number of carbonyl (C=O) groups is 1. The number of benzene rings is 3. The molecule has 0 spiro atoms. The lowest BCUT2D eigenvalue weighted by molar-refractivity contribution is 0.0933. The van der Waals surface area contributed by atoms with Crippen molar-refractivity contribution in [3.05, 3.63) is 124 Å². The maximum absolute atomic E-state index is 14.3. The zero-order valence-electron chi connectivity index (χ0n) is 26.3. The highest BCUT2D eigenvalue weighted by atomic mass is 16.5. The molecule has 0 saturated heterocycles. The second kappa shape index (κ2) is 13.0. The van der Waals surface area contributed by atoms with E-state index in [1.54, 1.807) is 54.3 Å². The second-order valence-corrected chi connectivity index (χ2v) is 11.2. The van der Waals surface area contributed by atoms with Crippen molar-refractivity contribution in [1.82, 2.24) is 34.6 Å². The summed E-state index contributed by atoms with van der Waals surface area (Å²) in [5, 5.41) is 7.45. The smallest absolute Gasteiger partial charge is 0.274 e. The molecule has 0 bridgehead atoms. The van der Waals surface area contributed by atoms with Crippen LogP contribution < -0.4 is 21.3 Å². The fourth-order valence-corrected chi connectivity index (χ4v) is 5.10. The number of para-hydroxylation sites is 1. The molecule has 11 nitrogen and oxygen atoms in total. The number of nitrogens with one attached hydrogen (secondary N) is 1. The number of aryl methyl sites for hydroxylation is 1. The molecule has 1 atom stereocenters. The Morgan fingerprint density at radius 3 is 2.40 bits per heavy atom. The molecule has 0 aliphatic rings. The summed E-state index contributed by atoms with van der Waals surface area (Å²) in [5.41, 5.74) is 9.26. The van der Waals surface area contributed by atoms with E-state index in [0.717, 1.165) is 16.9 Å². The standard InChI is InChI=1S/C36H32N8O3/c1-22(2)47-28-17-15-25(16-18-28)30-20-38-33(37)32(41-30)35(45)40-23(3)34-42-29-12-8-9-26(14-13-24-19-39-43(4)21-24)31(29)36(46)44(34)27-10-6-5-7-11-27/h5-12,15-23H,1-4H3,(H2,37,38)(H,40,45). The highest BCUT2D eigenvalue weighted by Crippen LogP contribution is 2.24. The molecule has 234 valence electrons. The fraction of sp³-hybridized carbons (Fsp3) is 0.167. The lowest BCUT2D eigenvalue weighted by Gasteiger charge is -2.20. The van der Waals surface area contributed by atoms with Crippen LogP contribution in [0.3, 0.4) is 0 Å². The molecular formula is C36H32N8O3. The summed E-state index contributed by atoms with van der Waals surface area (Å²) in [4.78, 5) is 41.5. The summed E-state index contributed by atoms with van der Waals surface area (Å²) in [5.74, 6) is 6.65. The van der Waals surface area contributed by atoms with Gasteiger partial charge in [0.15, 0.2) is 11.5 Å². The Morgan fingerprint density at radius 2 is 1.70 bits per heavy atom. The van der Waals surface area contributed by atoms with Gasteiger partial charge in [-0.25, -0.2) is 15.0 Å². The number of hydrogen-bond acceptors (Lipinski definition) is 8. The van der Waals surface area contributed by atoms with Crippen molar-refractivity contribution in [3.63, 3.8) is 0 Å². The molecule has 0 radical (unpaired) electrons. The number of ether oxygens (including phenoxy) is 1. The quantitative estimate of drug-likeness (QED) is 0.240. The minimum atomic E-state index is -0.734. The summed E-state index contributed by atoms with van der Waals surface area (Å²) in [6.45, 7) is 5.65. The zero-order valence-corrected chi connectivity index (χ0v) is 26.3. The number of nitrogen functional groups attached to an aromatic ring is 1. The molecule has 1 amide bonds. The van der Waals surface area contributed by atoms with Crippen molar-refractivity contribution in [2.24, 2.45) is 7.05 Å². The van der Waals surface area contributed by atoms with Crippen molar-refractivity contribution < 1.29 is 9.53 Å². The Labute approximate surface area is 271 Å². The monoisotopic (exact) mass is 624 g/mol. The lowest BCUT2D eigenvalue weighted by atomic mass is 10.1. The number of rotatable bonds is 7. The Morgan fingerprint density at radius 1 is 0.936 bits per heavy atom. The van der Waals surface area contributed by atoms with E-state index in [-0.39, 0.29) is 23.2 Å². The maximum Gasteiger partial charge on any atom is 0.274 e. The molecule has 0 saturated carbocycles. The first kappa shape index (κ1) is 30.7. The third-order valence-electron chi connectivity index (χ3n) is 7.26. The zero-order chi connectivity index (χ0) is 33.1. The molecule has 0 fully saturated rings. The van der Waals surface area contributed by atoms with Crippen LogP contribution in [-0.4, -0.2) is 41.3 Å². The Balaban J connectivity index is 1.37. The van der Waals surface area contributed by atoms with E-state index in [0.29, 0.717) is 33.7 Å². The number of amides is 1. The molecule has 6 rings (SSSR count). The second-order valence-electron chi connectivity index (χ2n) is 11.2. The normalized spacial score (nSPS) is 11.6. The van der Waals surface area contributed by atoms with Gasteiger partial charge in [0.25, 0.3) is 11.5 Å². The minimum absolute atomic E-state index is 0.0260. The first-order valence-electron chi connectivity index (χ1n) is 15.0. The first-order chi connectivity index (χ1) is 22.7. The van der Waals surface area contributed by atoms with Gasteiger partial charge in [-0.05, 0) is 69.3 Å². The van der Waals surface area contributed by atoms with Crippen molar-refractivity contribution in [1.29, 1.82) is 0 Å². The average Bonchev–Trinajstić information content (AvgIpc) is 3.49. The third-order valence-corrected chi connectivity index (χ3v) is 7.26. The average molecular weight is 625 g/mol. The van der Waals surface area contributed by atoms with Crippen molar-refractivity contribution in [3.8, 4) is 34.5 Å². The van der Waals surface area contributed by atoms with Crippen molar-refractivity contribution in [2.75, 3.05) is 5.73 Å². The van der Waals surface area contributed by atoms with Crippen LogP contribution in [0.15, 0.2) is 96.2 Å². The molecule has 0 aliphatic carbocycles. The third kappa shape index (κ3) is 6.57. The largest absolute Gasteiger partial charge is 0.491 e. The van der Waals surface area contributed by atoms with Crippen LogP contribution in [0, 0.1) is 11.8 Å². The number of nitrogens with zero attached hydrogens (tertiary/aromatic N) is 6. The predicted octanol–water partition coefficient (Wildman–Crippen LogP) is 4.84. The van der Waals surface area contributed by atoms with Gasteiger partial charge in [-0.15, -0.1) is 0 Å². The highest BCUT2D eigenvalue weighted by Gasteiger charge is 2.23. The van der Waals surface area contributed by atoms with Crippen LogP contribution in [0.4, 0.5) is 5.82 Å². The highest BCUT2D eigenvalue weighted by molar-refractivity contribution is 5.97. The molecule has 11 heteroatoms. The van der Waals surface area contributed by atoms with Gasteiger partial charge >= 0.3 is 0 Å².